The monoisotopic (exact) mass is 554 g/mol. The van der Waals surface area contributed by atoms with E-state index in [9.17, 15) is 13.2 Å². The highest BCUT2D eigenvalue weighted by Gasteiger charge is 2.25. The molecule has 0 saturated carbocycles. The topological polar surface area (TPSA) is 124 Å². The first-order chi connectivity index (χ1) is 17.3. The van der Waals surface area contributed by atoms with Crippen LogP contribution in [0.15, 0.2) is 53.8 Å². The molecule has 1 aliphatic rings. The number of nitrogens with zero attached hydrogens (tertiary/aromatic N) is 5. The lowest BCUT2D eigenvalue weighted by atomic mass is 10.2. The number of nitriles is 1. The summed E-state index contributed by atoms with van der Waals surface area (Å²) >= 11 is 12.5. The predicted molar refractivity (Wildman–Crippen MR) is 134 cm³/mol. The molecule has 0 aliphatic carbocycles. The molecule has 1 aromatic heterocycles. The largest absolute Gasteiger partial charge is 0.481 e. The van der Waals surface area contributed by atoms with Crippen LogP contribution in [0.1, 0.15) is 25.0 Å². The van der Waals surface area contributed by atoms with Crippen LogP contribution in [0, 0.1) is 11.3 Å². The van der Waals surface area contributed by atoms with Gasteiger partial charge in [0.25, 0.3) is 5.97 Å². The number of ether oxygens (including phenoxy) is 1. The van der Waals surface area contributed by atoms with Gasteiger partial charge in [-0.1, -0.05) is 35.3 Å². The van der Waals surface area contributed by atoms with E-state index in [-0.39, 0.29) is 12.8 Å². The Morgan fingerprint density at radius 3 is 2.32 bits per heavy atom. The van der Waals surface area contributed by atoms with Crippen molar-refractivity contribution < 1.29 is 27.8 Å². The Kier molecular flexibility index (Phi) is 10.0. The van der Waals surface area contributed by atoms with Crippen molar-refractivity contribution >= 4 is 52.5 Å². The van der Waals surface area contributed by atoms with Crippen LogP contribution in [0.4, 0.5) is 30.6 Å². The lowest BCUT2D eigenvalue weighted by Crippen LogP contribution is -2.26. The summed E-state index contributed by atoms with van der Waals surface area (Å²) in [6, 6.07) is 14.3. The number of fused-ring (bicyclic) bond motifs is 1. The number of aromatic nitrogens is 2. The van der Waals surface area contributed by atoms with E-state index in [1.54, 1.807) is 48.5 Å². The molecule has 0 radical (unpaired) electrons. The van der Waals surface area contributed by atoms with Gasteiger partial charge in [-0.3, -0.25) is 4.79 Å². The molecule has 9 nitrogen and oxygen atoms in total. The van der Waals surface area contributed by atoms with Gasteiger partial charge in [-0.25, -0.2) is 9.99 Å². The van der Waals surface area contributed by atoms with Crippen molar-refractivity contribution in [2.75, 3.05) is 17.4 Å². The summed E-state index contributed by atoms with van der Waals surface area (Å²) in [5, 5.41) is 26.3. The second-order valence-corrected chi connectivity index (χ2v) is 7.94. The van der Waals surface area contributed by atoms with Crippen LogP contribution in [0.3, 0.4) is 0 Å². The Hall–Kier alpha value is -4.08. The highest BCUT2D eigenvalue weighted by molar-refractivity contribution is 6.39. The van der Waals surface area contributed by atoms with Gasteiger partial charge in [0, 0.05) is 26.6 Å². The van der Waals surface area contributed by atoms with Crippen LogP contribution in [-0.4, -0.2) is 40.2 Å². The molecule has 2 heterocycles. The summed E-state index contributed by atoms with van der Waals surface area (Å²) in [6.45, 7) is 1.27. The van der Waals surface area contributed by atoms with E-state index in [1.165, 1.54) is 6.20 Å². The van der Waals surface area contributed by atoms with Gasteiger partial charge in [0.1, 0.15) is 0 Å². The number of hydrogen-bond donors (Lipinski definition) is 2. The smallest absolute Gasteiger partial charge is 0.386 e. The van der Waals surface area contributed by atoms with Gasteiger partial charge in [-0.2, -0.15) is 23.4 Å². The second kappa shape index (κ2) is 12.8. The minimum atomic E-state index is -4.00. The van der Waals surface area contributed by atoms with Crippen LogP contribution in [0.25, 0.3) is 0 Å². The number of hydrazone groups is 1. The van der Waals surface area contributed by atoms with Crippen molar-refractivity contribution in [1.29, 1.82) is 5.26 Å². The molecule has 1 aliphatic heterocycles. The number of carbonyl (C=O) groups is 1. The first-order valence-corrected chi connectivity index (χ1v) is 10.9. The van der Waals surface area contributed by atoms with Gasteiger partial charge in [-0.15, -0.1) is 5.10 Å². The highest BCUT2D eigenvalue weighted by Crippen LogP contribution is 2.34. The van der Waals surface area contributed by atoms with Crippen LogP contribution in [0.5, 0.6) is 5.75 Å². The SMILES string of the molecule is CC(=O)O.CC(F)(F)F.CN1N=C(c2c(Cl)cccc2Cl)Oc2cnc(Nc3cccc(C#N)c3)nc21. The fourth-order valence-corrected chi connectivity index (χ4v) is 3.19. The average molecular weight is 555 g/mol. The average Bonchev–Trinajstić information content (AvgIpc) is 2.78. The van der Waals surface area contributed by atoms with Gasteiger partial charge in [0.15, 0.2) is 11.6 Å². The quantitative estimate of drug-likeness (QED) is 0.389. The third-order valence-corrected chi connectivity index (χ3v) is 4.54. The molecule has 0 amide bonds. The standard InChI is InChI=1S/C19H12Cl2N6O.C2H3F3.C2H4O2/c1-27-17-15(28-18(26-27)16-13(20)6-3-7-14(16)21)10-23-19(25-17)24-12-5-2-4-11(8-12)9-22;1-2(3,4)5;1-2(3)4/h2-8,10H,1H3,(H,23,24,25);1H3;1H3,(H,3,4). The number of benzene rings is 2. The summed E-state index contributed by atoms with van der Waals surface area (Å²) in [5.74, 6) is 0.663. The minimum Gasteiger partial charge on any atom is -0.481 e. The Bertz CT molecular complexity index is 1320. The van der Waals surface area contributed by atoms with Crippen molar-refractivity contribution in [2.45, 2.75) is 20.0 Å². The van der Waals surface area contributed by atoms with E-state index in [0.29, 0.717) is 44.4 Å². The number of aliphatic carboxylic acids is 1. The predicted octanol–water partition coefficient (Wildman–Crippen LogP) is 6.25. The van der Waals surface area contributed by atoms with Crippen molar-refractivity contribution in [1.82, 2.24) is 9.97 Å². The fraction of sp³-hybridized carbons (Fsp3) is 0.174. The van der Waals surface area contributed by atoms with E-state index >= 15 is 0 Å². The normalized spacial score (nSPS) is 11.8. The zero-order valence-electron chi connectivity index (χ0n) is 19.5. The molecule has 0 atom stereocenters. The number of halogens is 5. The maximum absolute atomic E-state index is 10.4. The Labute approximate surface area is 219 Å². The van der Waals surface area contributed by atoms with Gasteiger partial charge in [0.2, 0.25) is 11.8 Å². The molecule has 0 unspecified atom stereocenters. The molecule has 2 aromatic carbocycles. The molecule has 2 N–H and O–H groups in total. The van der Waals surface area contributed by atoms with E-state index in [4.69, 9.17) is 43.1 Å². The van der Waals surface area contributed by atoms with E-state index in [0.717, 1.165) is 6.92 Å². The maximum atomic E-state index is 10.4. The van der Waals surface area contributed by atoms with Gasteiger partial charge in [-0.05, 0) is 30.3 Å². The number of rotatable bonds is 3. The fourth-order valence-electron chi connectivity index (χ4n) is 2.63. The molecule has 0 spiro atoms. The molecule has 3 aromatic rings. The van der Waals surface area contributed by atoms with E-state index in [1.807, 2.05) is 6.07 Å². The highest BCUT2D eigenvalue weighted by atomic mass is 35.5. The maximum Gasteiger partial charge on any atom is 0.386 e. The Morgan fingerprint density at radius 1 is 1.19 bits per heavy atom. The summed E-state index contributed by atoms with van der Waals surface area (Å²) < 4.78 is 36.9. The zero-order valence-corrected chi connectivity index (χ0v) is 21.0. The van der Waals surface area contributed by atoms with Gasteiger partial charge < -0.3 is 15.2 Å². The van der Waals surface area contributed by atoms with Crippen molar-refractivity contribution in [2.24, 2.45) is 5.10 Å². The first kappa shape index (κ1) is 29.2. The lowest BCUT2D eigenvalue weighted by Gasteiger charge is -2.24. The molecule has 4 rings (SSSR count). The zero-order chi connectivity index (χ0) is 27.8. The van der Waals surface area contributed by atoms with Crippen LogP contribution >= 0.6 is 23.2 Å². The van der Waals surface area contributed by atoms with Crippen LogP contribution in [-0.2, 0) is 4.79 Å². The number of hydrogen-bond acceptors (Lipinski definition) is 8. The molecular weight excluding hydrogens is 536 g/mol. The first-order valence-electron chi connectivity index (χ1n) is 10.1. The molecule has 0 bridgehead atoms. The third kappa shape index (κ3) is 9.47. The number of nitrogens with one attached hydrogen (secondary N) is 1. The van der Waals surface area contributed by atoms with E-state index in [2.05, 4.69) is 26.5 Å². The number of carboxylic acids is 1. The molecular formula is C23H19Cl2F3N6O3. The lowest BCUT2D eigenvalue weighted by molar-refractivity contribution is -0.134. The number of alkyl halides is 3. The Morgan fingerprint density at radius 2 is 1.76 bits per heavy atom. The van der Waals surface area contributed by atoms with Gasteiger partial charge >= 0.3 is 6.18 Å². The summed E-state index contributed by atoms with van der Waals surface area (Å²) in [6.07, 6.45) is -2.46. The Balaban J connectivity index is 0.000000464. The molecule has 14 heteroatoms. The van der Waals surface area contributed by atoms with Crippen LogP contribution in [0.2, 0.25) is 10.0 Å². The summed E-state index contributed by atoms with van der Waals surface area (Å²) in [5.41, 5.74) is 1.73. The van der Waals surface area contributed by atoms with E-state index < -0.39 is 12.1 Å². The van der Waals surface area contributed by atoms with Crippen molar-refractivity contribution in [3.63, 3.8) is 0 Å². The molecule has 194 valence electrons. The third-order valence-electron chi connectivity index (χ3n) is 3.91. The second-order valence-electron chi connectivity index (χ2n) is 7.13. The molecule has 37 heavy (non-hydrogen) atoms. The number of anilines is 3. The van der Waals surface area contributed by atoms with Crippen molar-refractivity contribution in [3.8, 4) is 11.8 Å². The summed E-state index contributed by atoms with van der Waals surface area (Å²) in [4.78, 5) is 17.7. The van der Waals surface area contributed by atoms with Crippen molar-refractivity contribution in [3.05, 3.63) is 69.8 Å². The van der Waals surface area contributed by atoms with Crippen LogP contribution < -0.4 is 15.1 Å². The minimum absolute atomic E-state index is 0.188. The number of carboxylic acid groups (broad SMARTS) is 1. The summed E-state index contributed by atoms with van der Waals surface area (Å²) in [7, 11) is 1.74. The molecule has 0 fully saturated rings. The van der Waals surface area contributed by atoms with Gasteiger partial charge in [0.05, 0.1) is 33.4 Å². The molecule has 0 saturated heterocycles.